The van der Waals surface area contributed by atoms with Gasteiger partial charge in [-0.25, -0.2) is 4.79 Å². The molecule has 0 aliphatic carbocycles. The topological polar surface area (TPSA) is 78.7 Å². The van der Waals surface area contributed by atoms with Crippen LogP contribution in [0.3, 0.4) is 0 Å². The van der Waals surface area contributed by atoms with Crippen LogP contribution in [0.2, 0.25) is 0 Å². The summed E-state index contributed by atoms with van der Waals surface area (Å²) in [6, 6.07) is 1.80. The van der Waals surface area contributed by atoms with E-state index in [1.165, 1.54) is 10.8 Å². The molecule has 5 heteroatoms. The van der Waals surface area contributed by atoms with Crippen molar-refractivity contribution in [1.82, 2.24) is 9.55 Å². The van der Waals surface area contributed by atoms with Gasteiger partial charge in [-0.2, -0.15) is 5.26 Å². The number of nitrogens with one attached hydrogen (secondary N) is 1. The van der Waals surface area contributed by atoms with Crippen LogP contribution < -0.4 is 11.2 Å². The standard InChI is InChI=1S/C12H17N3O2/c1-4-12(5-2,6-3)15-8-9(7-13)10(16)14-11(15)17/h8H,4-6H2,1-3H3,(H,14,16,17). The highest BCUT2D eigenvalue weighted by atomic mass is 16.2. The van der Waals surface area contributed by atoms with Gasteiger partial charge in [0.2, 0.25) is 0 Å². The molecule has 5 nitrogen and oxygen atoms in total. The number of hydrogen-bond donors (Lipinski definition) is 1. The number of nitriles is 1. The number of H-pyrrole nitrogens is 1. The van der Waals surface area contributed by atoms with Crippen LogP contribution in [0.1, 0.15) is 45.6 Å². The highest BCUT2D eigenvalue weighted by molar-refractivity contribution is 5.22. The van der Waals surface area contributed by atoms with Gasteiger partial charge < -0.3 is 0 Å². The normalized spacial score (nSPS) is 11.2. The Morgan fingerprint density at radius 2 is 1.82 bits per heavy atom. The van der Waals surface area contributed by atoms with Crippen LogP contribution in [-0.2, 0) is 5.54 Å². The summed E-state index contributed by atoms with van der Waals surface area (Å²) in [6.07, 6.45) is 3.70. The fourth-order valence-corrected chi connectivity index (χ4v) is 2.16. The van der Waals surface area contributed by atoms with Gasteiger partial charge in [0.25, 0.3) is 5.56 Å². The molecule has 0 aliphatic rings. The lowest BCUT2D eigenvalue weighted by atomic mass is 9.89. The van der Waals surface area contributed by atoms with E-state index in [0.29, 0.717) is 0 Å². The molecule has 0 fully saturated rings. The molecule has 0 saturated heterocycles. The maximum Gasteiger partial charge on any atom is 0.328 e. The molecule has 0 bridgehead atoms. The maximum atomic E-state index is 11.8. The molecular weight excluding hydrogens is 218 g/mol. The molecule has 1 heterocycles. The Labute approximate surface area is 99.7 Å². The zero-order chi connectivity index (χ0) is 13.1. The first-order chi connectivity index (χ1) is 8.04. The third kappa shape index (κ3) is 2.16. The van der Waals surface area contributed by atoms with Gasteiger partial charge in [0.05, 0.1) is 0 Å². The van der Waals surface area contributed by atoms with Crippen molar-refractivity contribution in [1.29, 1.82) is 5.26 Å². The zero-order valence-corrected chi connectivity index (χ0v) is 10.4. The molecule has 0 aromatic carbocycles. The van der Waals surface area contributed by atoms with E-state index in [-0.39, 0.29) is 11.1 Å². The van der Waals surface area contributed by atoms with Crippen molar-refractivity contribution < 1.29 is 0 Å². The van der Waals surface area contributed by atoms with E-state index >= 15 is 0 Å². The number of aromatic amines is 1. The fraction of sp³-hybridized carbons (Fsp3) is 0.583. The lowest BCUT2D eigenvalue weighted by molar-refractivity contribution is 0.238. The van der Waals surface area contributed by atoms with E-state index in [1.54, 1.807) is 6.07 Å². The number of rotatable bonds is 4. The van der Waals surface area contributed by atoms with Crippen LogP contribution in [-0.4, -0.2) is 9.55 Å². The summed E-state index contributed by atoms with van der Waals surface area (Å²) in [6.45, 7) is 5.99. The summed E-state index contributed by atoms with van der Waals surface area (Å²) in [7, 11) is 0. The Morgan fingerprint density at radius 3 is 2.24 bits per heavy atom. The Hall–Kier alpha value is -1.83. The average molecular weight is 235 g/mol. The van der Waals surface area contributed by atoms with Crippen molar-refractivity contribution in [2.24, 2.45) is 0 Å². The lowest BCUT2D eigenvalue weighted by Gasteiger charge is -2.32. The second kappa shape index (κ2) is 5.00. The molecule has 0 saturated carbocycles. The molecule has 0 radical (unpaired) electrons. The molecule has 1 aromatic heterocycles. The molecule has 0 atom stereocenters. The van der Waals surface area contributed by atoms with Crippen molar-refractivity contribution in [3.8, 4) is 6.07 Å². The summed E-state index contributed by atoms with van der Waals surface area (Å²) in [5.74, 6) is 0. The minimum absolute atomic E-state index is 0.0238. The smallest absolute Gasteiger partial charge is 0.293 e. The Bertz CT molecular complexity index is 536. The highest BCUT2D eigenvalue weighted by Crippen LogP contribution is 2.27. The first-order valence-electron chi connectivity index (χ1n) is 5.81. The Balaban J connectivity index is 3.56. The van der Waals surface area contributed by atoms with Gasteiger partial charge in [0.1, 0.15) is 11.6 Å². The predicted molar refractivity (Wildman–Crippen MR) is 64.9 cm³/mol. The van der Waals surface area contributed by atoms with Gasteiger partial charge in [-0.05, 0) is 19.3 Å². The SMILES string of the molecule is CCC(CC)(CC)n1cc(C#N)c(=O)[nH]c1=O. The molecule has 92 valence electrons. The maximum absolute atomic E-state index is 11.8. The Kier molecular flexibility index (Phi) is 3.89. The van der Waals surface area contributed by atoms with Gasteiger partial charge >= 0.3 is 5.69 Å². The average Bonchev–Trinajstić information content (AvgIpc) is 2.34. The predicted octanol–water partition coefficient (Wildman–Crippen LogP) is 1.33. The van der Waals surface area contributed by atoms with Crippen LogP contribution >= 0.6 is 0 Å². The summed E-state index contributed by atoms with van der Waals surface area (Å²) < 4.78 is 1.49. The molecule has 1 rings (SSSR count). The summed E-state index contributed by atoms with van der Waals surface area (Å²) in [5.41, 5.74) is -1.41. The summed E-state index contributed by atoms with van der Waals surface area (Å²) in [5, 5.41) is 8.83. The van der Waals surface area contributed by atoms with Crippen molar-refractivity contribution >= 4 is 0 Å². The third-order valence-electron chi connectivity index (χ3n) is 3.55. The van der Waals surface area contributed by atoms with E-state index in [0.717, 1.165) is 19.3 Å². The van der Waals surface area contributed by atoms with E-state index in [4.69, 9.17) is 5.26 Å². The van der Waals surface area contributed by atoms with Crippen molar-refractivity contribution in [3.63, 3.8) is 0 Å². The van der Waals surface area contributed by atoms with Gasteiger partial charge in [-0.1, -0.05) is 20.8 Å². The lowest BCUT2D eigenvalue weighted by Crippen LogP contribution is -2.43. The first kappa shape index (κ1) is 13.2. The first-order valence-corrected chi connectivity index (χ1v) is 5.81. The van der Waals surface area contributed by atoms with E-state index in [2.05, 4.69) is 4.98 Å². The molecule has 0 unspecified atom stereocenters. The van der Waals surface area contributed by atoms with Crippen LogP contribution in [0, 0.1) is 11.3 Å². The molecule has 0 aliphatic heterocycles. The van der Waals surface area contributed by atoms with Crippen molar-refractivity contribution in [3.05, 3.63) is 32.6 Å². The van der Waals surface area contributed by atoms with E-state index in [9.17, 15) is 9.59 Å². The monoisotopic (exact) mass is 235 g/mol. The highest BCUT2D eigenvalue weighted by Gasteiger charge is 2.27. The number of hydrogen-bond acceptors (Lipinski definition) is 3. The summed E-state index contributed by atoms with van der Waals surface area (Å²) >= 11 is 0. The second-order valence-corrected chi connectivity index (χ2v) is 4.07. The number of nitrogens with zero attached hydrogens (tertiary/aromatic N) is 2. The van der Waals surface area contributed by atoms with Gasteiger partial charge in [0, 0.05) is 11.7 Å². The van der Waals surface area contributed by atoms with Gasteiger partial charge in [-0.15, -0.1) is 0 Å². The van der Waals surface area contributed by atoms with Crippen LogP contribution in [0.15, 0.2) is 15.8 Å². The zero-order valence-electron chi connectivity index (χ0n) is 10.4. The molecule has 0 amide bonds. The third-order valence-corrected chi connectivity index (χ3v) is 3.55. The van der Waals surface area contributed by atoms with E-state index < -0.39 is 11.2 Å². The van der Waals surface area contributed by atoms with Gasteiger partial charge in [-0.3, -0.25) is 14.3 Å². The van der Waals surface area contributed by atoms with Crippen molar-refractivity contribution in [2.75, 3.05) is 0 Å². The summed E-state index contributed by atoms with van der Waals surface area (Å²) in [4.78, 5) is 25.3. The number of aromatic nitrogens is 2. The van der Waals surface area contributed by atoms with Crippen molar-refractivity contribution in [2.45, 2.75) is 45.6 Å². The van der Waals surface area contributed by atoms with Crippen LogP contribution in [0.25, 0.3) is 0 Å². The van der Waals surface area contributed by atoms with Crippen LogP contribution in [0.5, 0.6) is 0 Å². The largest absolute Gasteiger partial charge is 0.328 e. The minimum Gasteiger partial charge on any atom is -0.293 e. The molecular formula is C12H17N3O2. The quantitative estimate of drug-likeness (QED) is 0.855. The molecule has 0 spiro atoms. The molecule has 17 heavy (non-hydrogen) atoms. The van der Waals surface area contributed by atoms with Crippen LogP contribution in [0.4, 0.5) is 0 Å². The molecule has 1 aromatic rings. The molecule has 1 N–H and O–H groups in total. The van der Waals surface area contributed by atoms with E-state index in [1.807, 2.05) is 20.8 Å². The Morgan fingerprint density at radius 1 is 1.29 bits per heavy atom. The second-order valence-electron chi connectivity index (χ2n) is 4.07. The fourth-order valence-electron chi connectivity index (χ4n) is 2.16. The minimum atomic E-state index is -0.619. The van der Waals surface area contributed by atoms with Gasteiger partial charge in [0.15, 0.2) is 0 Å².